The standard InChI is InChI=1S/C23H30N4O3/c1-4-22(29)24-19-11-8-12-26(14-19)15-21(28)20-13-16(2)27(17(20)3)25-23(30)18-9-6-5-7-10-18/h5-7,9-10,13,19H,4,8,11-12,14-15H2,1-3H3,(H,24,29)(H,25,30). The van der Waals surface area contributed by atoms with Gasteiger partial charge in [-0.2, -0.15) is 0 Å². The highest BCUT2D eigenvalue weighted by atomic mass is 16.2. The Hall–Kier alpha value is -2.93. The third-order valence-electron chi connectivity index (χ3n) is 5.54. The van der Waals surface area contributed by atoms with Gasteiger partial charge in [-0.1, -0.05) is 25.1 Å². The van der Waals surface area contributed by atoms with Crippen LogP contribution in [-0.2, 0) is 4.79 Å². The average molecular weight is 411 g/mol. The van der Waals surface area contributed by atoms with Crippen LogP contribution in [0.4, 0.5) is 0 Å². The largest absolute Gasteiger partial charge is 0.352 e. The molecule has 1 saturated heterocycles. The van der Waals surface area contributed by atoms with E-state index in [9.17, 15) is 14.4 Å². The number of Topliss-reactive ketones (excluding diaryl/α,β-unsaturated/α-hetero) is 1. The summed E-state index contributed by atoms with van der Waals surface area (Å²) in [4.78, 5) is 39.3. The van der Waals surface area contributed by atoms with Gasteiger partial charge in [-0.25, -0.2) is 0 Å². The number of ketones is 1. The van der Waals surface area contributed by atoms with E-state index in [0.29, 0.717) is 30.6 Å². The van der Waals surface area contributed by atoms with E-state index in [0.717, 1.165) is 30.8 Å². The molecule has 7 nitrogen and oxygen atoms in total. The van der Waals surface area contributed by atoms with Gasteiger partial charge < -0.3 is 5.32 Å². The van der Waals surface area contributed by atoms with Crippen molar-refractivity contribution in [1.29, 1.82) is 0 Å². The van der Waals surface area contributed by atoms with Crippen molar-refractivity contribution in [3.63, 3.8) is 0 Å². The van der Waals surface area contributed by atoms with E-state index in [1.54, 1.807) is 16.8 Å². The second-order valence-corrected chi connectivity index (χ2v) is 7.85. The summed E-state index contributed by atoms with van der Waals surface area (Å²) in [5, 5.41) is 3.03. The Bertz CT molecular complexity index is 920. The first-order valence-corrected chi connectivity index (χ1v) is 10.5. The van der Waals surface area contributed by atoms with Crippen LogP contribution in [0.2, 0.25) is 0 Å². The monoisotopic (exact) mass is 410 g/mol. The van der Waals surface area contributed by atoms with Crippen LogP contribution >= 0.6 is 0 Å². The fourth-order valence-corrected chi connectivity index (χ4v) is 3.91. The summed E-state index contributed by atoms with van der Waals surface area (Å²) in [5.41, 5.74) is 5.56. The van der Waals surface area contributed by atoms with Crippen molar-refractivity contribution in [2.24, 2.45) is 0 Å². The Balaban J connectivity index is 1.66. The summed E-state index contributed by atoms with van der Waals surface area (Å²) < 4.78 is 1.67. The molecule has 2 heterocycles. The molecule has 1 aliphatic rings. The number of amides is 2. The summed E-state index contributed by atoms with van der Waals surface area (Å²) >= 11 is 0. The first-order chi connectivity index (χ1) is 14.4. The van der Waals surface area contributed by atoms with Crippen LogP contribution in [0.15, 0.2) is 36.4 Å². The molecular weight excluding hydrogens is 380 g/mol. The van der Waals surface area contributed by atoms with Crippen molar-refractivity contribution >= 4 is 17.6 Å². The molecule has 1 atom stereocenters. The van der Waals surface area contributed by atoms with Gasteiger partial charge in [0.05, 0.1) is 6.54 Å². The molecule has 0 aliphatic carbocycles. The number of hydrogen-bond acceptors (Lipinski definition) is 4. The van der Waals surface area contributed by atoms with E-state index in [4.69, 9.17) is 0 Å². The number of piperidine rings is 1. The number of nitrogens with one attached hydrogen (secondary N) is 2. The highest BCUT2D eigenvalue weighted by Gasteiger charge is 2.25. The molecule has 1 unspecified atom stereocenters. The summed E-state index contributed by atoms with van der Waals surface area (Å²) in [5.74, 6) is -0.154. The second-order valence-electron chi connectivity index (χ2n) is 7.85. The molecule has 0 bridgehead atoms. The van der Waals surface area contributed by atoms with Crippen LogP contribution in [0.5, 0.6) is 0 Å². The Labute approximate surface area is 177 Å². The van der Waals surface area contributed by atoms with Gasteiger partial charge in [0.15, 0.2) is 5.78 Å². The zero-order valence-corrected chi connectivity index (χ0v) is 17.9. The molecule has 30 heavy (non-hydrogen) atoms. The maximum Gasteiger partial charge on any atom is 0.270 e. The number of carbonyl (C=O) groups is 3. The number of likely N-dealkylation sites (tertiary alicyclic amines) is 1. The van der Waals surface area contributed by atoms with Crippen molar-refractivity contribution in [2.75, 3.05) is 25.1 Å². The average Bonchev–Trinajstić information content (AvgIpc) is 3.03. The maximum atomic E-state index is 13.0. The molecular formula is C23H30N4O3. The van der Waals surface area contributed by atoms with E-state index < -0.39 is 0 Å². The molecule has 2 N–H and O–H groups in total. The molecule has 0 spiro atoms. The SMILES string of the molecule is CCC(=O)NC1CCCN(CC(=O)c2cc(C)n(NC(=O)c3ccccc3)c2C)C1. The highest BCUT2D eigenvalue weighted by Crippen LogP contribution is 2.17. The predicted octanol–water partition coefficient (Wildman–Crippen LogP) is 2.66. The molecule has 3 rings (SSSR count). The highest BCUT2D eigenvalue weighted by molar-refractivity contribution is 6.01. The van der Waals surface area contributed by atoms with Crippen LogP contribution in [0, 0.1) is 13.8 Å². The van der Waals surface area contributed by atoms with Gasteiger partial charge in [0.1, 0.15) is 0 Å². The number of nitrogens with zero attached hydrogens (tertiary/aromatic N) is 2. The number of rotatable bonds is 7. The molecule has 1 aliphatic heterocycles. The Morgan fingerprint density at radius 3 is 2.57 bits per heavy atom. The van der Waals surface area contributed by atoms with Crippen molar-refractivity contribution in [3.8, 4) is 0 Å². The maximum absolute atomic E-state index is 13.0. The molecule has 1 fully saturated rings. The molecule has 1 aromatic carbocycles. The first-order valence-electron chi connectivity index (χ1n) is 10.5. The second kappa shape index (κ2) is 9.71. The minimum absolute atomic E-state index is 0.0192. The van der Waals surface area contributed by atoms with E-state index in [1.807, 2.05) is 45.0 Å². The van der Waals surface area contributed by atoms with E-state index in [-0.39, 0.29) is 23.6 Å². The first kappa shape index (κ1) is 21.8. The topological polar surface area (TPSA) is 83.4 Å². The van der Waals surface area contributed by atoms with Crippen LogP contribution < -0.4 is 10.7 Å². The lowest BCUT2D eigenvalue weighted by Gasteiger charge is -2.32. The zero-order chi connectivity index (χ0) is 21.7. The normalized spacial score (nSPS) is 16.8. The number of carbonyl (C=O) groups excluding carboxylic acids is 3. The van der Waals surface area contributed by atoms with Gasteiger partial charge in [-0.15, -0.1) is 0 Å². The van der Waals surface area contributed by atoms with Crippen molar-refractivity contribution in [3.05, 3.63) is 58.9 Å². The summed E-state index contributed by atoms with van der Waals surface area (Å²) in [6, 6.07) is 10.9. The summed E-state index contributed by atoms with van der Waals surface area (Å²) in [6.45, 7) is 7.37. The molecule has 1 aromatic heterocycles. The molecule has 0 radical (unpaired) electrons. The lowest BCUT2D eigenvalue weighted by atomic mass is 10.0. The predicted molar refractivity (Wildman–Crippen MR) is 116 cm³/mol. The van der Waals surface area contributed by atoms with Gasteiger partial charge in [0, 0.05) is 41.5 Å². The van der Waals surface area contributed by atoms with Crippen LogP contribution in [0.3, 0.4) is 0 Å². The number of hydrogen-bond donors (Lipinski definition) is 2. The lowest BCUT2D eigenvalue weighted by molar-refractivity contribution is -0.121. The zero-order valence-electron chi connectivity index (χ0n) is 17.9. The van der Waals surface area contributed by atoms with Crippen molar-refractivity contribution in [1.82, 2.24) is 14.9 Å². The Kier molecular flexibility index (Phi) is 7.05. The number of aromatic nitrogens is 1. The smallest absolute Gasteiger partial charge is 0.270 e. The van der Waals surface area contributed by atoms with E-state index in [2.05, 4.69) is 15.6 Å². The fraction of sp³-hybridized carbons (Fsp3) is 0.435. The van der Waals surface area contributed by atoms with E-state index >= 15 is 0 Å². The molecule has 2 aromatic rings. The molecule has 2 amide bonds. The van der Waals surface area contributed by atoms with Crippen LogP contribution in [-0.4, -0.2) is 52.8 Å². The molecule has 0 saturated carbocycles. The molecule has 7 heteroatoms. The lowest BCUT2D eigenvalue weighted by Crippen LogP contribution is -2.48. The Morgan fingerprint density at radius 1 is 1.13 bits per heavy atom. The fourth-order valence-electron chi connectivity index (χ4n) is 3.91. The quantitative estimate of drug-likeness (QED) is 0.688. The van der Waals surface area contributed by atoms with Crippen molar-refractivity contribution < 1.29 is 14.4 Å². The van der Waals surface area contributed by atoms with Crippen LogP contribution in [0.25, 0.3) is 0 Å². The van der Waals surface area contributed by atoms with Gasteiger partial charge in [-0.05, 0) is 51.4 Å². The minimum atomic E-state index is -0.220. The summed E-state index contributed by atoms with van der Waals surface area (Å²) in [7, 11) is 0. The summed E-state index contributed by atoms with van der Waals surface area (Å²) in [6.07, 6.45) is 2.36. The van der Waals surface area contributed by atoms with E-state index in [1.165, 1.54) is 0 Å². The Morgan fingerprint density at radius 2 is 1.87 bits per heavy atom. The molecule has 160 valence electrons. The van der Waals surface area contributed by atoms with Gasteiger partial charge in [0.2, 0.25) is 5.91 Å². The minimum Gasteiger partial charge on any atom is -0.352 e. The van der Waals surface area contributed by atoms with Crippen LogP contribution in [0.1, 0.15) is 58.3 Å². The third kappa shape index (κ3) is 5.16. The number of aryl methyl sites for hydroxylation is 1. The van der Waals surface area contributed by atoms with Gasteiger partial charge in [-0.3, -0.25) is 29.4 Å². The number of benzene rings is 1. The third-order valence-corrected chi connectivity index (χ3v) is 5.54. The van der Waals surface area contributed by atoms with Gasteiger partial charge >= 0.3 is 0 Å². The van der Waals surface area contributed by atoms with Gasteiger partial charge in [0.25, 0.3) is 5.91 Å². The van der Waals surface area contributed by atoms with Crippen molar-refractivity contribution in [2.45, 2.75) is 46.1 Å².